The molecule has 0 spiro atoms. The van der Waals surface area contributed by atoms with Gasteiger partial charge in [0.25, 0.3) is 0 Å². The number of amides is 1. The highest BCUT2D eigenvalue weighted by atomic mass is 32.1. The molecule has 0 radical (unpaired) electrons. The number of anilines is 2. The van der Waals surface area contributed by atoms with Gasteiger partial charge in [0.05, 0.1) is 12.7 Å². The van der Waals surface area contributed by atoms with E-state index in [4.69, 9.17) is 0 Å². The monoisotopic (exact) mass is 357 g/mol. The van der Waals surface area contributed by atoms with E-state index in [1.807, 2.05) is 32.9 Å². The van der Waals surface area contributed by atoms with Crippen molar-refractivity contribution >= 4 is 28.1 Å². The highest BCUT2D eigenvalue weighted by Gasteiger charge is 2.33. The number of hydrogen-bond donors (Lipinski definition) is 1. The Balaban J connectivity index is 2.06. The summed E-state index contributed by atoms with van der Waals surface area (Å²) >= 11 is 0.514. The lowest BCUT2D eigenvalue weighted by molar-refractivity contribution is -0.134. The summed E-state index contributed by atoms with van der Waals surface area (Å²) in [7, 11) is 1.54. The van der Waals surface area contributed by atoms with Crippen molar-refractivity contribution in [3.63, 3.8) is 0 Å². The van der Waals surface area contributed by atoms with Gasteiger partial charge in [-0.1, -0.05) is 29.0 Å². The largest absolute Gasteiger partial charge is 0.427 e. The van der Waals surface area contributed by atoms with E-state index in [2.05, 4.69) is 10.3 Å². The molecule has 0 atom stereocenters. The normalized spacial score (nSPS) is 11.5. The van der Waals surface area contributed by atoms with Gasteiger partial charge in [0.2, 0.25) is 5.91 Å². The van der Waals surface area contributed by atoms with Crippen molar-refractivity contribution in [1.82, 2.24) is 4.98 Å². The Kier molecular flexibility index (Phi) is 5.17. The summed E-state index contributed by atoms with van der Waals surface area (Å²) in [6.45, 7) is 5.68. The first-order chi connectivity index (χ1) is 11.1. The molecule has 4 nitrogen and oxygen atoms in total. The van der Waals surface area contributed by atoms with E-state index >= 15 is 0 Å². The maximum Gasteiger partial charge on any atom is 0.427 e. The standard InChI is InChI=1S/C16H18F3N3OS/c1-9-5-10(2)14(11(3)6-9)21-13(23)8-22(4)15-20-7-12(24-15)16(17,18)19/h5-7H,8H2,1-4H3,(H,21,23). The number of hydrogen-bond acceptors (Lipinski definition) is 4. The third-order valence-corrected chi connectivity index (χ3v) is 4.58. The molecule has 130 valence electrons. The van der Waals surface area contributed by atoms with E-state index in [0.717, 1.165) is 28.6 Å². The van der Waals surface area contributed by atoms with Gasteiger partial charge < -0.3 is 10.2 Å². The molecule has 2 aromatic rings. The Morgan fingerprint density at radius 2 is 1.83 bits per heavy atom. The minimum Gasteiger partial charge on any atom is -0.342 e. The number of aryl methyl sites for hydroxylation is 3. The molecule has 1 heterocycles. The number of carbonyl (C=O) groups excluding carboxylic acids is 1. The van der Waals surface area contributed by atoms with Gasteiger partial charge in [-0.05, 0) is 31.9 Å². The van der Waals surface area contributed by atoms with Gasteiger partial charge >= 0.3 is 6.18 Å². The number of rotatable bonds is 4. The molecule has 0 aliphatic heterocycles. The Bertz CT molecular complexity index is 732. The summed E-state index contributed by atoms with van der Waals surface area (Å²) in [4.78, 5) is 16.5. The second-order valence-electron chi connectivity index (χ2n) is 5.68. The van der Waals surface area contributed by atoms with E-state index in [0.29, 0.717) is 11.3 Å². The molecule has 0 bridgehead atoms. The summed E-state index contributed by atoms with van der Waals surface area (Å²) < 4.78 is 37.8. The number of aromatic nitrogens is 1. The maximum atomic E-state index is 12.6. The van der Waals surface area contributed by atoms with Crippen molar-refractivity contribution in [2.45, 2.75) is 26.9 Å². The van der Waals surface area contributed by atoms with Crippen molar-refractivity contribution < 1.29 is 18.0 Å². The molecule has 0 saturated heterocycles. The number of carbonyl (C=O) groups is 1. The zero-order valence-corrected chi connectivity index (χ0v) is 14.6. The van der Waals surface area contributed by atoms with Crippen LogP contribution in [-0.4, -0.2) is 24.5 Å². The third kappa shape index (κ3) is 4.25. The molecule has 0 aliphatic rings. The lowest BCUT2D eigenvalue weighted by Gasteiger charge is -2.17. The molecule has 0 saturated carbocycles. The topological polar surface area (TPSA) is 45.2 Å². The molecule has 0 unspecified atom stereocenters. The predicted molar refractivity (Wildman–Crippen MR) is 89.7 cm³/mol. The van der Waals surface area contributed by atoms with E-state index < -0.39 is 11.1 Å². The fourth-order valence-electron chi connectivity index (χ4n) is 2.41. The minimum absolute atomic E-state index is 0.0857. The zero-order chi connectivity index (χ0) is 18.1. The fraction of sp³-hybridized carbons (Fsp3) is 0.375. The third-order valence-electron chi connectivity index (χ3n) is 3.42. The van der Waals surface area contributed by atoms with Crippen LogP contribution in [0.3, 0.4) is 0 Å². The van der Waals surface area contributed by atoms with Crippen molar-refractivity contribution in [2.24, 2.45) is 0 Å². The van der Waals surface area contributed by atoms with Crippen LogP contribution in [0.25, 0.3) is 0 Å². The summed E-state index contributed by atoms with van der Waals surface area (Å²) in [5.74, 6) is -0.309. The lowest BCUT2D eigenvalue weighted by atomic mass is 10.1. The van der Waals surface area contributed by atoms with Crippen LogP contribution in [0.4, 0.5) is 24.0 Å². The highest BCUT2D eigenvalue weighted by molar-refractivity contribution is 7.15. The predicted octanol–water partition coefficient (Wildman–Crippen LogP) is 4.16. The average Bonchev–Trinajstić information content (AvgIpc) is 2.92. The van der Waals surface area contributed by atoms with Crippen molar-refractivity contribution in [2.75, 3.05) is 23.8 Å². The number of halogens is 3. The van der Waals surface area contributed by atoms with E-state index in [1.54, 1.807) is 0 Å². The quantitative estimate of drug-likeness (QED) is 0.894. The van der Waals surface area contributed by atoms with Crippen molar-refractivity contribution in [3.8, 4) is 0 Å². The fourth-order valence-corrected chi connectivity index (χ4v) is 3.16. The SMILES string of the molecule is Cc1cc(C)c(NC(=O)CN(C)c2ncc(C(F)(F)F)s2)c(C)c1. The summed E-state index contributed by atoms with van der Waals surface area (Å²) in [6, 6.07) is 3.92. The molecule has 2 rings (SSSR count). The molecule has 0 aliphatic carbocycles. The van der Waals surface area contributed by atoms with E-state index in [1.165, 1.54) is 11.9 Å². The number of nitrogens with one attached hydrogen (secondary N) is 1. The molecule has 1 amide bonds. The number of nitrogens with zero attached hydrogens (tertiary/aromatic N) is 2. The highest BCUT2D eigenvalue weighted by Crippen LogP contribution is 2.35. The van der Waals surface area contributed by atoms with Crippen LogP contribution >= 0.6 is 11.3 Å². The van der Waals surface area contributed by atoms with Crippen molar-refractivity contribution in [1.29, 1.82) is 0 Å². The van der Waals surface area contributed by atoms with Gasteiger partial charge in [-0.3, -0.25) is 4.79 Å². The first kappa shape index (κ1) is 18.3. The van der Waals surface area contributed by atoms with Gasteiger partial charge in [-0.2, -0.15) is 13.2 Å². The molecular formula is C16H18F3N3OS. The smallest absolute Gasteiger partial charge is 0.342 e. The van der Waals surface area contributed by atoms with Gasteiger partial charge in [-0.25, -0.2) is 4.98 Å². The molecule has 24 heavy (non-hydrogen) atoms. The van der Waals surface area contributed by atoms with Crippen LogP contribution in [0.15, 0.2) is 18.3 Å². The average molecular weight is 357 g/mol. The number of thiazole rings is 1. The van der Waals surface area contributed by atoms with Crippen LogP contribution < -0.4 is 10.2 Å². The van der Waals surface area contributed by atoms with Crippen LogP contribution in [-0.2, 0) is 11.0 Å². The van der Waals surface area contributed by atoms with Gasteiger partial charge in [0.15, 0.2) is 5.13 Å². The first-order valence-electron chi connectivity index (χ1n) is 7.20. The van der Waals surface area contributed by atoms with Gasteiger partial charge in [-0.15, -0.1) is 0 Å². The molecule has 1 aromatic heterocycles. The van der Waals surface area contributed by atoms with Crippen LogP contribution in [0.5, 0.6) is 0 Å². The Morgan fingerprint density at radius 3 is 2.33 bits per heavy atom. The van der Waals surface area contributed by atoms with Gasteiger partial charge in [0.1, 0.15) is 4.88 Å². The zero-order valence-electron chi connectivity index (χ0n) is 13.8. The van der Waals surface area contributed by atoms with Crippen LogP contribution in [0, 0.1) is 20.8 Å². The van der Waals surface area contributed by atoms with E-state index in [9.17, 15) is 18.0 Å². The lowest BCUT2D eigenvalue weighted by Crippen LogP contribution is -2.30. The van der Waals surface area contributed by atoms with Crippen molar-refractivity contribution in [3.05, 3.63) is 39.9 Å². The Labute approximate surface area is 142 Å². The Morgan fingerprint density at radius 1 is 1.25 bits per heavy atom. The first-order valence-corrected chi connectivity index (χ1v) is 8.01. The number of likely N-dealkylation sites (N-methyl/N-ethyl adjacent to an activating group) is 1. The molecular weight excluding hydrogens is 339 g/mol. The minimum atomic E-state index is -4.42. The summed E-state index contributed by atoms with van der Waals surface area (Å²) in [5, 5.41) is 2.97. The summed E-state index contributed by atoms with van der Waals surface area (Å²) in [5.41, 5.74) is 3.71. The van der Waals surface area contributed by atoms with E-state index in [-0.39, 0.29) is 17.6 Å². The second kappa shape index (κ2) is 6.80. The Hall–Kier alpha value is -2.09. The molecule has 8 heteroatoms. The second-order valence-corrected chi connectivity index (χ2v) is 6.69. The van der Waals surface area contributed by atoms with Crippen LogP contribution in [0.2, 0.25) is 0 Å². The molecule has 0 fully saturated rings. The number of alkyl halides is 3. The van der Waals surface area contributed by atoms with Gasteiger partial charge in [0, 0.05) is 12.7 Å². The number of benzene rings is 1. The molecule has 1 aromatic carbocycles. The maximum absolute atomic E-state index is 12.6. The summed E-state index contributed by atoms with van der Waals surface area (Å²) in [6.07, 6.45) is -3.64. The molecule has 1 N–H and O–H groups in total. The van der Waals surface area contributed by atoms with Crippen LogP contribution in [0.1, 0.15) is 21.6 Å².